The van der Waals surface area contributed by atoms with Crippen LogP contribution >= 0.6 is 0 Å². The molecule has 0 spiro atoms. The summed E-state index contributed by atoms with van der Waals surface area (Å²) in [5, 5.41) is 18.5. The minimum atomic E-state index is -0.993. The molecule has 2 aliphatic rings. The van der Waals surface area contributed by atoms with Crippen molar-refractivity contribution in [1.29, 1.82) is 0 Å². The standard InChI is InChI=1S/C40H68N2O5/c1-25(17-16-18-26-19-29(35(2,3)4)32(43)30(20-26)36(5,6)7)31(33(44)46-27-21-37(8,9)41-38(10,11)22-27)34(45)47-28-23-39(12,13)42-40(14,15)24-28/h19-20,25,27-28,31,41-43H,16-18,21-24H2,1-15H3. The lowest BCUT2D eigenvalue weighted by atomic mass is 9.78. The fourth-order valence-electron chi connectivity index (χ4n) is 8.44. The summed E-state index contributed by atoms with van der Waals surface area (Å²) in [5.74, 6) is -1.82. The van der Waals surface area contributed by atoms with Gasteiger partial charge in [-0.3, -0.25) is 9.59 Å². The third-order valence-corrected chi connectivity index (χ3v) is 9.86. The first-order valence-corrected chi connectivity index (χ1v) is 18.0. The molecular formula is C40H68N2O5. The lowest BCUT2D eigenvalue weighted by Crippen LogP contribution is -2.60. The van der Waals surface area contributed by atoms with Crippen LogP contribution in [0.3, 0.4) is 0 Å². The Kier molecular flexibility index (Phi) is 11.4. The largest absolute Gasteiger partial charge is 0.507 e. The number of esters is 2. The predicted molar refractivity (Wildman–Crippen MR) is 192 cm³/mol. The molecule has 7 heteroatoms. The van der Waals surface area contributed by atoms with Gasteiger partial charge in [0.2, 0.25) is 0 Å². The number of rotatable bonds is 9. The first-order valence-electron chi connectivity index (χ1n) is 18.0. The molecular weight excluding hydrogens is 588 g/mol. The summed E-state index contributed by atoms with van der Waals surface area (Å²) in [4.78, 5) is 28.0. The number of phenols is 1. The number of hydrogen-bond donors (Lipinski definition) is 3. The van der Waals surface area contributed by atoms with Crippen molar-refractivity contribution >= 4 is 11.9 Å². The van der Waals surface area contributed by atoms with Gasteiger partial charge in [0.15, 0.2) is 5.92 Å². The average Bonchev–Trinajstić information content (AvgIpc) is 2.79. The van der Waals surface area contributed by atoms with E-state index in [0.29, 0.717) is 37.9 Å². The van der Waals surface area contributed by atoms with Crippen LogP contribution in [0.4, 0.5) is 0 Å². The molecule has 2 aliphatic heterocycles. The summed E-state index contributed by atoms with van der Waals surface area (Å²) in [5.41, 5.74) is 1.86. The molecule has 0 aromatic heterocycles. The van der Waals surface area contributed by atoms with Crippen molar-refractivity contribution in [3.05, 3.63) is 28.8 Å². The summed E-state index contributed by atoms with van der Waals surface area (Å²) in [6.45, 7) is 31.7. The summed E-state index contributed by atoms with van der Waals surface area (Å²) in [6.07, 6.45) is 4.40. The minimum absolute atomic E-state index is 0.192. The summed E-state index contributed by atoms with van der Waals surface area (Å²) >= 11 is 0. The first kappa shape index (κ1) is 39.3. The Morgan fingerprint density at radius 3 is 1.40 bits per heavy atom. The number of carbonyl (C=O) groups excluding carboxylic acids is 2. The van der Waals surface area contributed by atoms with E-state index in [1.165, 1.54) is 0 Å². The topological polar surface area (TPSA) is 96.9 Å². The molecule has 47 heavy (non-hydrogen) atoms. The smallest absolute Gasteiger partial charge is 0.320 e. The quantitative estimate of drug-likeness (QED) is 0.182. The van der Waals surface area contributed by atoms with E-state index in [2.05, 4.69) is 120 Å². The van der Waals surface area contributed by atoms with Crippen molar-refractivity contribution in [3.8, 4) is 5.75 Å². The van der Waals surface area contributed by atoms with Gasteiger partial charge in [0.1, 0.15) is 18.0 Å². The molecule has 1 aromatic carbocycles. The SMILES string of the molecule is CC(CCCc1cc(C(C)(C)C)c(O)c(C(C)(C)C)c1)C(C(=O)OC1CC(C)(C)NC(C)(C)C1)C(=O)OC1CC(C)(C)NC(C)(C)C1. The van der Waals surface area contributed by atoms with Gasteiger partial charge in [-0.2, -0.15) is 0 Å². The van der Waals surface area contributed by atoms with Crippen molar-refractivity contribution in [1.82, 2.24) is 10.6 Å². The summed E-state index contributed by atoms with van der Waals surface area (Å²) in [7, 11) is 0. The third kappa shape index (κ3) is 10.9. The third-order valence-electron chi connectivity index (χ3n) is 9.86. The Labute approximate surface area is 286 Å². The van der Waals surface area contributed by atoms with Crippen LogP contribution in [-0.4, -0.2) is 51.4 Å². The molecule has 1 atom stereocenters. The second kappa shape index (κ2) is 13.7. The zero-order valence-corrected chi connectivity index (χ0v) is 32.5. The number of aryl methyl sites for hydroxylation is 1. The van der Waals surface area contributed by atoms with Gasteiger partial charge in [0.25, 0.3) is 0 Å². The molecule has 0 amide bonds. The van der Waals surface area contributed by atoms with E-state index in [1.807, 2.05) is 6.92 Å². The van der Waals surface area contributed by atoms with Gasteiger partial charge < -0.3 is 25.2 Å². The Balaban J connectivity index is 1.84. The molecule has 2 fully saturated rings. The predicted octanol–water partition coefficient (Wildman–Crippen LogP) is 8.27. The van der Waals surface area contributed by atoms with E-state index in [9.17, 15) is 14.7 Å². The molecule has 2 heterocycles. The second-order valence-corrected chi connectivity index (χ2v) is 19.6. The zero-order valence-electron chi connectivity index (χ0n) is 32.5. The minimum Gasteiger partial charge on any atom is -0.507 e. The van der Waals surface area contributed by atoms with Crippen molar-refractivity contribution in [2.75, 3.05) is 0 Å². The van der Waals surface area contributed by atoms with Crippen LogP contribution in [0, 0.1) is 11.8 Å². The summed E-state index contributed by atoms with van der Waals surface area (Å²) < 4.78 is 12.4. The zero-order chi connectivity index (χ0) is 36.0. The van der Waals surface area contributed by atoms with E-state index in [4.69, 9.17) is 9.47 Å². The second-order valence-electron chi connectivity index (χ2n) is 19.6. The number of ether oxygens (including phenoxy) is 2. The summed E-state index contributed by atoms with van der Waals surface area (Å²) in [6, 6.07) is 4.24. The molecule has 268 valence electrons. The molecule has 0 radical (unpaired) electrons. The molecule has 3 N–H and O–H groups in total. The van der Waals surface area contributed by atoms with Gasteiger partial charge in [-0.15, -0.1) is 0 Å². The van der Waals surface area contributed by atoms with Gasteiger partial charge in [0, 0.05) is 47.8 Å². The van der Waals surface area contributed by atoms with Crippen LogP contribution in [0.5, 0.6) is 5.75 Å². The maximum atomic E-state index is 14.0. The molecule has 0 aliphatic carbocycles. The number of hydrogen-bond acceptors (Lipinski definition) is 7. The highest BCUT2D eigenvalue weighted by molar-refractivity contribution is 5.95. The maximum absolute atomic E-state index is 14.0. The molecule has 0 saturated carbocycles. The molecule has 1 aromatic rings. The number of aromatic hydroxyl groups is 1. The van der Waals surface area contributed by atoms with Gasteiger partial charge in [-0.05, 0) is 108 Å². The fourth-order valence-corrected chi connectivity index (χ4v) is 8.44. The number of piperidine rings is 2. The highest BCUT2D eigenvalue weighted by Gasteiger charge is 2.45. The van der Waals surface area contributed by atoms with Gasteiger partial charge in [0.05, 0.1) is 0 Å². The first-order chi connectivity index (χ1) is 21.1. The lowest BCUT2D eigenvalue weighted by Gasteiger charge is -2.46. The highest BCUT2D eigenvalue weighted by Crippen LogP contribution is 2.40. The normalized spacial score (nSPS) is 22.1. The van der Waals surface area contributed by atoms with Crippen molar-refractivity contribution < 1.29 is 24.2 Å². The lowest BCUT2D eigenvalue weighted by molar-refractivity contribution is -0.175. The van der Waals surface area contributed by atoms with Crippen LogP contribution in [0.15, 0.2) is 12.1 Å². The van der Waals surface area contributed by atoms with Crippen molar-refractivity contribution in [3.63, 3.8) is 0 Å². The van der Waals surface area contributed by atoms with E-state index in [-0.39, 0.29) is 51.1 Å². The number of carbonyl (C=O) groups is 2. The van der Waals surface area contributed by atoms with Gasteiger partial charge >= 0.3 is 11.9 Å². The number of nitrogens with one attached hydrogen (secondary N) is 2. The van der Waals surface area contributed by atoms with E-state index < -0.39 is 17.9 Å². The Morgan fingerprint density at radius 1 is 0.745 bits per heavy atom. The van der Waals surface area contributed by atoms with E-state index >= 15 is 0 Å². The molecule has 2 saturated heterocycles. The highest BCUT2D eigenvalue weighted by atomic mass is 16.6. The van der Waals surface area contributed by atoms with Crippen molar-refractivity contribution in [2.45, 2.75) is 194 Å². The molecule has 7 nitrogen and oxygen atoms in total. The Hall–Kier alpha value is -2.12. The number of benzene rings is 1. The van der Waals surface area contributed by atoms with Crippen LogP contribution < -0.4 is 10.6 Å². The van der Waals surface area contributed by atoms with Gasteiger partial charge in [-0.25, -0.2) is 0 Å². The average molecular weight is 657 g/mol. The molecule has 3 rings (SSSR count). The van der Waals surface area contributed by atoms with Crippen LogP contribution in [0.1, 0.15) is 159 Å². The molecule has 1 unspecified atom stereocenters. The molecule has 0 bridgehead atoms. The Morgan fingerprint density at radius 2 is 1.09 bits per heavy atom. The van der Waals surface area contributed by atoms with Gasteiger partial charge in [-0.1, -0.05) is 60.6 Å². The maximum Gasteiger partial charge on any atom is 0.320 e. The van der Waals surface area contributed by atoms with Crippen LogP contribution in [0.2, 0.25) is 0 Å². The van der Waals surface area contributed by atoms with Crippen molar-refractivity contribution in [2.24, 2.45) is 11.8 Å². The van der Waals surface area contributed by atoms with E-state index in [0.717, 1.165) is 29.5 Å². The monoisotopic (exact) mass is 657 g/mol. The fraction of sp³-hybridized carbons (Fsp3) is 0.800. The van der Waals surface area contributed by atoms with Crippen LogP contribution in [-0.2, 0) is 36.3 Å². The Bertz CT molecular complexity index is 1160. The van der Waals surface area contributed by atoms with Crippen LogP contribution in [0.25, 0.3) is 0 Å². The number of phenolic OH excluding ortho intramolecular Hbond substituents is 1. The van der Waals surface area contributed by atoms with E-state index in [1.54, 1.807) is 0 Å².